The Morgan fingerprint density at radius 2 is 2.22 bits per heavy atom. The fourth-order valence-electron chi connectivity index (χ4n) is 2.56. The molecule has 0 bridgehead atoms. The van der Waals surface area contributed by atoms with Gasteiger partial charge in [0.15, 0.2) is 0 Å². The summed E-state index contributed by atoms with van der Waals surface area (Å²) in [5.74, 6) is 0.364. The summed E-state index contributed by atoms with van der Waals surface area (Å²) in [5, 5.41) is 19.4. The van der Waals surface area contributed by atoms with Crippen LogP contribution in [0.4, 0.5) is 5.82 Å². The number of hydrogen-bond acceptors (Lipinski definition) is 6. The second-order valence-electron chi connectivity index (χ2n) is 5.92. The Bertz CT molecular complexity index is 966. The van der Waals surface area contributed by atoms with E-state index < -0.39 is 4.92 Å². The fraction of sp³-hybridized carbons (Fsp3) is 0.222. The molecule has 1 atom stereocenters. The maximum absolute atomic E-state index is 12.5. The summed E-state index contributed by atoms with van der Waals surface area (Å²) in [7, 11) is 1.60. The summed E-state index contributed by atoms with van der Waals surface area (Å²) < 4.78 is 6.68. The van der Waals surface area contributed by atoms with Gasteiger partial charge in [0.25, 0.3) is 5.91 Å². The van der Waals surface area contributed by atoms with Gasteiger partial charge < -0.3 is 20.2 Å². The van der Waals surface area contributed by atoms with Crippen LogP contribution in [0.1, 0.15) is 33.8 Å². The van der Waals surface area contributed by atoms with Crippen molar-refractivity contribution in [2.24, 2.45) is 0 Å². The number of methoxy groups -OCH3 is 1. The van der Waals surface area contributed by atoms with Gasteiger partial charge in [-0.05, 0) is 46.6 Å². The van der Waals surface area contributed by atoms with Crippen molar-refractivity contribution in [1.29, 1.82) is 0 Å². The number of carbonyl (C=O) groups is 1. The van der Waals surface area contributed by atoms with Crippen LogP contribution in [0.2, 0.25) is 0 Å². The third kappa shape index (κ3) is 4.50. The number of hydrogen-bond donors (Lipinski definition) is 1. The molecule has 9 heteroatoms. The standard InChI is InChI=1S/C18H18N4O4S/c1-12(14-4-3-5-15(9-14)26-2)19-18(23)16-8-13(11-27-16)10-21-7-6-17(20-21)22(24)25/h3-9,11-12H,10H2,1-2H3,(H,19,23). The molecule has 0 aliphatic carbocycles. The van der Waals surface area contributed by atoms with E-state index in [4.69, 9.17) is 4.74 Å². The van der Waals surface area contributed by atoms with Crippen LogP contribution in [0, 0.1) is 10.1 Å². The molecule has 3 aromatic rings. The third-order valence-corrected chi connectivity index (χ3v) is 4.95. The molecule has 0 aliphatic heterocycles. The zero-order valence-corrected chi connectivity index (χ0v) is 15.6. The SMILES string of the molecule is COc1cccc(C(C)NC(=O)c2cc(Cn3ccc([N+](=O)[O-])n3)cs2)c1. The van der Waals surface area contributed by atoms with Crippen molar-refractivity contribution in [2.75, 3.05) is 7.11 Å². The molecule has 1 unspecified atom stereocenters. The predicted octanol–water partition coefficient (Wildman–Crippen LogP) is 3.40. The molecule has 0 saturated carbocycles. The Hall–Kier alpha value is -3.20. The second-order valence-corrected chi connectivity index (χ2v) is 6.83. The van der Waals surface area contributed by atoms with Gasteiger partial charge in [-0.1, -0.05) is 12.1 Å². The molecule has 0 radical (unpaired) electrons. The first-order valence-corrected chi connectivity index (χ1v) is 9.04. The lowest BCUT2D eigenvalue weighted by Crippen LogP contribution is -2.25. The highest BCUT2D eigenvalue weighted by atomic mass is 32.1. The number of thiophene rings is 1. The molecule has 0 spiro atoms. The summed E-state index contributed by atoms with van der Waals surface area (Å²) in [6.45, 7) is 2.27. The Morgan fingerprint density at radius 3 is 2.93 bits per heavy atom. The van der Waals surface area contributed by atoms with E-state index in [2.05, 4.69) is 10.4 Å². The van der Waals surface area contributed by atoms with Crippen LogP contribution in [0.15, 0.2) is 48.0 Å². The summed E-state index contributed by atoms with van der Waals surface area (Å²) in [6.07, 6.45) is 1.54. The molecular formula is C18H18N4O4S. The van der Waals surface area contributed by atoms with Gasteiger partial charge >= 0.3 is 5.82 Å². The molecule has 1 N–H and O–H groups in total. The zero-order valence-electron chi connectivity index (χ0n) is 14.8. The molecule has 8 nitrogen and oxygen atoms in total. The topological polar surface area (TPSA) is 99.3 Å². The van der Waals surface area contributed by atoms with Gasteiger partial charge in [-0.15, -0.1) is 11.3 Å². The smallest absolute Gasteiger partial charge is 0.389 e. The molecule has 140 valence electrons. The summed E-state index contributed by atoms with van der Waals surface area (Å²) in [5.41, 5.74) is 1.81. The van der Waals surface area contributed by atoms with E-state index >= 15 is 0 Å². The van der Waals surface area contributed by atoms with Crippen LogP contribution in [-0.4, -0.2) is 27.7 Å². The van der Waals surface area contributed by atoms with E-state index in [1.54, 1.807) is 19.4 Å². The summed E-state index contributed by atoms with van der Waals surface area (Å²) in [6, 6.07) is 10.5. The van der Waals surface area contributed by atoms with E-state index in [0.717, 1.165) is 16.9 Å². The van der Waals surface area contributed by atoms with E-state index in [1.807, 2.05) is 36.6 Å². The van der Waals surface area contributed by atoms with E-state index in [1.165, 1.54) is 22.1 Å². The van der Waals surface area contributed by atoms with Gasteiger partial charge in [0, 0.05) is 0 Å². The summed E-state index contributed by atoms with van der Waals surface area (Å²) >= 11 is 1.32. The number of nitrogens with one attached hydrogen (secondary N) is 1. The number of rotatable bonds is 7. The van der Waals surface area contributed by atoms with Crippen molar-refractivity contribution in [3.05, 3.63) is 74.1 Å². The van der Waals surface area contributed by atoms with Crippen LogP contribution >= 0.6 is 11.3 Å². The maximum Gasteiger partial charge on any atom is 0.389 e. The Balaban J connectivity index is 1.64. The predicted molar refractivity (Wildman–Crippen MR) is 101 cm³/mol. The van der Waals surface area contributed by atoms with Gasteiger partial charge in [0.05, 0.1) is 41.9 Å². The Labute approximate surface area is 159 Å². The number of amides is 1. The quantitative estimate of drug-likeness (QED) is 0.496. The van der Waals surface area contributed by atoms with Crippen LogP contribution < -0.4 is 10.1 Å². The lowest BCUT2D eigenvalue weighted by atomic mass is 10.1. The largest absolute Gasteiger partial charge is 0.497 e. The Morgan fingerprint density at radius 1 is 1.41 bits per heavy atom. The highest BCUT2D eigenvalue weighted by molar-refractivity contribution is 7.12. The van der Waals surface area contributed by atoms with Crippen LogP contribution in [0.5, 0.6) is 5.75 Å². The minimum absolute atomic E-state index is 0.173. The molecule has 1 amide bonds. The molecule has 0 fully saturated rings. The van der Waals surface area contributed by atoms with Crippen molar-refractivity contribution < 1.29 is 14.5 Å². The lowest BCUT2D eigenvalue weighted by molar-refractivity contribution is -0.389. The molecule has 27 heavy (non-hydrogen) atoms. The monoisotopic (exact) mass is 386 g/mol. The highest BCUT2D eigenvalue weighted by Gasteiger charge is 2.16. The van der Waals surface area contributed by atoms with Crippen LogP contribution in [0.25, 0.3) is 0 Å². The molecule has 0 aliphatic rings. The second kappa shape index (κ2) is 8.00. The molecule has 2 heterocycles. The number of ether oxygens (including phenoxy) is 1. The zero-order chi connectivity index (χ0) is 19.4. The molecular weight excluding hydrogens is 368 g/mol. The van der Waals surface area contributed by atoms with Crippen molar-refractivity contribution in [1.82, 2.24) is 15.1 Å². The number of nitro groups is 1. The van der Waals surface area contributed by atoms with Gasteiger partial charge in [-0.2, -0.15) is 4.68 Å². The van der Waals surface area contributed by atoms with Crippen molar-refractivity contribution in [3.63, 3.8) is 0 Å². The fourth-order valence-corrected chi connectivity index (χ4v) is 3.37. The molecule has 2 aromatic heterocycles. The average molecular weight is 386 g/mol. The first-order chi connectivity index (χ1) is 13.0. The minimum atomic E-state index is -0.539. The van der Waals surface area contributed by atoms with Crippen LogP contribution in [-0.2, 0) is 6.54 Å². The van der Waals surface area contributed by atoms with Crippen molar-refractivity contribution in [2.45, 2.75) is 19.5 Å². The van der Waals surface area contributed by atoms with E-state index in [9.17, 15) is 14.9 Å². The molecule has 3 rings (SSSR count). The summed E-state index contributed by atoms with van der Waals surface area (Å²) in [4.78, 5) is 23.2. The average Bonchev–Trinajstić information content (AvgIpc) is 3.32. The lowest BCUT2D eigenvalue weighted by Gasteiger charge is -2.14. The Kier molecular flexibility index (Phi) is 5.51. The highest BCUT2D eigenvalue weighted by Crippen LogP contribution is 2.21. The van der Waals surface area contributed by atoms with Gasteiger partial charge in [0.2, 0.25) is 0 Å². The van der Waals surface area contributed by atoms with Crippen molar-refractivity contribution >= 4 is 23.1 Å². The number of aromatic nitrogens is 2. The number of carbonyl (C=O) groups excluding carboxylic acids is 1. The van der Waals surface area contributed by atoms with Crippen LogP contribution in [0.3, 0.4) is 0 Å². The third-order valence-electron chi connectivity index (χ3n) is 3.98. The number of nitrogens with zero attached hydrogens (tertiary/aromatic N) is 3. The van der Waals surface area contributed by atoms with E-state index in [-0.39, 0.29) is 17.8 Å². The minimum Gasteiger partial charge on any atom is -0.497 e. The van der Waals surface area contributed by atoms with Gasteiger partial charge in [-0.25, -0.2) is 0 Å². The first-order valence-electron chi connectivity index (χ1n) is 8.16. The molecule has 1 aromatic carbocycles. The maximum atomic E-state index is 12.5. The first kappa shape index (κ1) is 18.6. The van der Waals surface area contributed by atoms with E-state index in [0.29, 0.717) is 11.4 Å². The molecule has 0 saturated heterocycles. The van der Waals surface area contributed by atoms with Crippen molar-refractivity contribution in [3.8, 4) is 5.75 Å². The normalized spacial score (nSPS) is 11.8. The van der Waals surface area contributed by atoms with Gasteiger partial charge in [-0.3, -0.25) is 4.79 Å². The number of benzene rings is 1. The van der Waals surface area contributed by atoms with Gasteiger partial charge in [0.1, 0.15) is 5.75 Å².